The molecule has 1 atom stereocenters. The molecular weight excluding hydrogens is 397 g/mol. The van der Waals surface area contributed by atoms with Gasteiger partial charge in [0.2, 0.25) is 0 Å². The second-order valence-electron chi connectivity index (χ2n) is 6.50. The van der Waals surface area contributed by atoms with E-state index in [1.54, 1.807) is 6.92 Å². The van der Waals surface area contributed by atoms with Gasteiger partial charge in [-0.3, -0.25) is 4.79 Å². The van der Waals surface area contributed by atoms with Crippen LogP contribution in [-0.4, -0.2) is 34.4 Å². The van der Waals surface area contributed by atoms with Gasteiger partial charge in [-0.2, -0.15) is 0 Å². The average molecular weight is 416 g/mol. The van der Waals surface area contributed by atoms with Crippen molar-refractivity contribution in [2.75, 3.05) is 0 Å². The highest BCUT2D eigenvalue weighted by Crippen LogP contribution is 2.30. The van der Waals surface area contributed by atoms with Gasteiger partial charge in [0.05, 0.1) is 5.69 Å². The van der Waals surface area contributed by atoms with Gasteiger partial charge < -0.3 is 15.2 Å². The molecule has 152 valence electrons. The predicted molar refractivity (Wildman–Crippen MR) is 97.3 cm³/mol. The molecule has 0 unspecified atom stereocenters. The standard InChI is InChI=1S/C18H19F3N2O4S/c1-9(2)8-13(17(25)26)23-15(24)14-10(3)22-16(28-14)11-4-6-12(7-5-11)27-18(19,20)21/h4-7,9,13H,8H2,1-3H3,(H,23,24)(H,25,26)/t13-/m0/s1. The van der Waals surface area contributed by atoms with E-state index in [1.807, 2.05) is 13.8 Å². The Morgan fingerprint density at radius 1 is 1.25 bits per heavy atom. The zero-order chi connectivity index (χ0) is 21.1. The molecule has 0 aliphatic heterocycles. The fourth-order valence-corrected chi connectivity index (χ4v) is 3.42. The predicted octanol–water partition coefficient (Wildman–Crippen LogP) is 4.25. The van der Waals surface area contributed by atoms with Crippen LogP contribution in [0.5, 0.6) is 5.75 Å². The van der Waals surface area contributed by atoms with E-state index in [1.165, 1.54) is 12.1 Å². The smallest absolute Gasteiger partial charge is 0.480 e. The average Bonchev–Trinajstić information content (AvgIpc) is 2.95. The lowest BCUT2D eigenvalue weighted by Crippen LogP contribution is -2.41. The number of aryl methyl sites for hydroxylation is 1. The van der Waals surface area contributed by atoms with Crippen LogP contribution in [0, 0.1) is 12.8 Å². The van der Waals surface area contributed by atoms with Crippen molar-refractivity contribution in [2.45, 2.75) is 39.6 Å². The largest absolute Gasteiger partial charge is 0.573 e. The molecule has 0 spiro atoms. The molecular formula is C18H19F3N2O4S. The molecule has 0 saturated heterocycles. The zero-order valence-electron chi connectivity index (χ0n) is 15.3. The van der Waals surface area contributed by atoms with Crippen molar-refractivity contribution < 1.29 is 32.6 Å². The number of carboxylic acids is 1. The lowest BCUT2D eigenvalue weighted by molar-refractivity contribution is -0.274. The molecule has 2 aromatic rings. The van der Waals surface area contributed by atoms with E-state index >= 15 is 0 Å². The molecule has 2 N–H and O–H groups in total. The third kappa shape index (κ3) is 5.95. The van der Waals surface area contributed by atoms with Crippen LogP contribution in [0.4, 0.5) is 13.2 Å². The molecule has 1 heterocycles. The van der Waals surface area contributed by atoms with Crippen LogP contribution in [0.2, 0.25) is 0 Å². The highest BCUT2D eigenvalue weighted by atomic mass is 32.1. The highest BCUT2D eigenvalue weighted by molar-refractivity contribution is 7.17. The Bertz CT molecular complexity index is 848. The van der Waals surface area contributed by atoms with Crippen molar-refractivity contribution in [1.29, 1.82) is 0 Å². The number of nitrogens with zero attached hydrogens (tertiary/aromatic N) is 1. The van der Waals surface area contributed by atoms with Crippen LogP contribution < -0.4 is 10.1 Å². The first kappa shape index (κ1) is 21.7. The van der Waals surface area contributed by atoms with E-state index in [9.17, 15) is 27.9 Å². The third-order valence-corrected chi connectivity index (χ3v) is 4.85. The zero-order valence-corrected chi connectivity index (χ0v) is 16.1. The minimum atomic E-state index is -4.78. The van der Waals surface area contributed by atoms with E-state index in [0.29, 0.717) is 16.3 Å². The van der Waals surface area contributed by atoms with Crippen molar-refractivity contribution in [3.63, 3.8) is 0 Å². The number of rotatable bonds is 7. The number of nitrogens with one attached hydrogen (secondary N) is 1. The van der Waals surface area contributed by atoms with Gasteiger partial charge in [0.1, 0.15) is 21.7 Å². The number of thiazole rings is 1. The minimum Gasteiger partial charge on any atom is -0.480 e. The maximum Gasteiger partial charge on any atom is 0.573 e. The van der Waals surface area contributed by atoms with E-state index in [2.05, 4.69) is 15.0 Å². The molecule has 6 nitrogen and oxygen atoms in total. The number of amides is 1. The first-order valence-electron chi connectivity index (χ1n) is 8.33. The summed E-state index contributed by atoms with van der Waals surface area (Å²) in [7, 11) is 0. The van der Waals surface area contributed by atoms with E-state index in [-0.39, 0.29) is 23.0 Å². The van der Waals surface area contributed by atoms with Crippen LogP contribution >= 0.6 is 11.3 Å². The summed E-state index contributed by atoms with van der Waals surface area (Å²) in [6.45, 7) is 5.31. The third-order valence-electron chi connectivity index (χ3n) is 3.65. The molecule has 1 aromatic carbocycles. The highest BCUT2D eigenvalue weighted by Gasteiger charge is 2.31. The summed E-state index contributed by atoms with van der Waals surface area (Å²) < 4.78 is 40.5. The molecule has 0 fully saturated rings. The molecule has 0 radical (unpaired) electrons. The van der Waals surface area contributed by atoms with Gasteiger partial charge in [-0.05, 0) is 43.5 Å². The van der Waals surface area contributed by atoms with Gasteiger partial charge in [0, 0.05) is 5.56 Å². The van der Waals surface area contributed by atoms with Crippen molar-refractivity contribution in [1.82, 2.24) is 10.3 Å². The monoisotopic (exact) mass is 416 g/mol. The molecule has 10 heteroatoms. The number of hydrogen-bond acceptors (Lipinski definition) is 5. The number of aliphatic carboxylic acids is 1. The van der Waals surface area contributed by atoms with Gasteiger partial charge in [0.25, 0.3) is 5.91 Å². The molecule has 0 saturated carbocycles. The lowest BCUT2D eigenvalue weighted by atomic mass is 10.0. The summed E-state index contributed by atoms with van der Waals surface area (Å²) in [4.78, 5) is 28.3. The second kappa shape index (κ2) is 8.59. The molecule has 0 aliphatic carbocycles. The summed E-state index contributed by atoms with van der Waals surface area (Å²) in [6.07, 6.45) is -4.49. The first-order chi connectivity index (χ1) is 13.0. The van der Waals surface area contributed by atoms with Crippen molar-refractivity contribution >= 4 is 23.2 Å². The number of carboxylic acid groups (broad SMARTS) is 1. The van der Waals surface area contributed by atoms with Crippen molar-refractivity contribution in [3.05, 3.63) is 34.8 Å². The number of benzene rings is 1. The quantitative estimate of drug-likeness (QED) is 0.705. The van der Waals surface area contributed by atoms with Crippen molar-refractivity contribution in [2.24, 2.45) is 5.92 Å². The van der Waals surface area contributed by atoms with Crippen LogP contribution in [0.3, 0.4) is 0 Å². The van der Waals surface area contributed by atoms with Gasteiger partial charge in [-0.1, -0.05) is 13.8 Å². The van der Waals surface area contributed by atoms with Gasteiger partial charge in [-0.25, -0.2) is 9.78 Å². The van der Waals surface area contributed by atoms with Crippen LogP contribution in [0.1, 0.15) is 35.6 Å². The first-order valence-corrected chi connectivity index (χ1v) is 9.15. The summed E-state index contributed by atoms with van der Waals surface area (Å²) in [5.74, 6) is -1.95. The molecule has 2 rings (SSSR count). The van der Waals surface area contributed by atoms with E-state index in [0.717, 1.165) is 23.5 Å². The number of halogens is 3. The Morgan fingerprint density at radius 2 is 1.86 bits per heavy atom. The molecule has 1 aromatic heterocycles. The van der Waals surface area contributed by atoms with Gasteiger partial charge in [0.15, 0.2) is 0 Å². The number of ether oxygens (including phenoxy) is 1. The Labute approximate surface area is 163 Å². The lowest BCUT2D eigenvalue weighted by Gasteiger charge is -2.15. The number of hydrogen-bond donors (Lipinski definition) is 2. The number of carbonyl (C=O) groups is 2. The topological polar surface area (TPSA) is 88.5 Å². The molecule has 1 amide bonds. The minimum absolute atomic E-state index is 0.0805. The molecule has 28 heavy (non-hydrogen) atoms. The van der Waals surface area contributed by atoms with Gasteiger partial charge in [-0.15, -0.1) is 24.5 Å². The second-order valence-corrected chi connectivity index (χ2v) is 7.50. The van der Waals surface area contributed by atoms with Crippen molar-refractivity contribution in [3.8, 4) is 16.3 Å². The van der Waals surface area contributed by atoms with Crippen LogP contribution in [-0.2, 0) is 4.79 Å². The van der Waals surface area contributed by atoms with Crippen LogP contribution in [0.15, 0.2) is 24.3 Å². The van der Waals surface area contributed by atoms with Gasteiger partial charge >= 0.3 is 12.3 Å². The fraction of sp³-hybridized carbons (Fsp3) is 0.389. The fourth-order valence-electron chi connectivity index (χ4n) is 2.45. The molecule has 0 bridgehead atoms. The summed E-state index contributed by atoms with van der Waals surface area (Å²) >= 11 is 1.03. The van der Waals surface area contributed by atoms with E-state index in [4.69, 9.17) is 0 Å². The Hall–Kier alpha value is -2.62. The summed E-state index contributed by atoms with van der Waals surface area (Å²) in [6, 6.07) is 4.10. The maximum atomic E-state index is 12.5. The SMILES string of the molecule is Cc1nc(-c2ccc(OC(F)(F)F)cc2)sc1C(=O)N[C@@H](CC(C)C)C(=O)O. The van der Waals surface area contributed by atoms with Crippen LogP contribution in [0.25, 0.3) is 10.6 Å². The Morgan fingerprint density at radius 3 is 2.36 bits per heavy atom. The number of carbonyl (C=O) groups excluding carboxylic acids is 1. The van der Waals surface area contributed by atoms with E-state index < -0.39 is 24.3 Å². The number of alkyl halides is 3. The maximum absolute atomic E-state index is 12.5. The Kier molecular flexibility index (Phi) is 6.65. The summed E-state index contributed by atoms with van der Waals surface area (Å²) in [5, 5.41) is 12.2. The molecule has 0 aliphatic rings. The summed E-state index contributed by atoms with van der Waals surface area (Å²) in [5.41, 5.74) is 0.917. The Balaban J connectivity index is 2.18. The normalized spacial score (nSPS) is 12.7. The number of aromatic nitrogens is 1.